The Morgan fingerprint density at radius 1 is 1.50 bits per heavy atom. The van der Waals surface area contributed by atoms with Gasteiger partial charge in [0.1, 0.15) is 12.1 Å². The van der Waals surface area contributed by atoms with E-state index in [0.717, 1.165) is 12.0 Å². The highest BCUT2D eigenvalue weighted by atomic mass is 32.1. The number of carbonyl (C=O) groups is 2. The molecular weight excluding hydrogens is 352 g/mol. The highest BCUT2D eigenvalue weighted by Gasteiger charge is 2.31. The van der Waals surface area contributed by atoms with Crippen molar-refractivity contribution >= 4 is 35.6 Å². The van der Waals surface area contributed by atoms with E-state index >= 15 is 0 Å². The molecular formula is C19H26N2O4S. The number of allylic oxidation sites excluding steroid dienone is 3. The van der Waals surface area contributed by atoms with Gasteiger partial charge in [0.2, 0.25) is 0 Å². The molecule has 0 aliphatic carbocycles. The normalized spacial score (nSPS) is 19.7. The minimum Gasteiger partial charge on any atom is -0.480 e. The maximum Gasteiger partial charge on any atom is 0.320 e. The number of nitrogens with one attached hydrogen (secondary N) is 2. The quantitative estimate of drug-likeness (QED) is 0.383. The van der Waals surface area contributed by atoms with Crippen LogP contribution in [0.15, 0.2) is 35.2 Å². The molecule has 142 valence electrons. The first-order valence-electron chi connectivity index (χ1n) is 8.50. The number of aliphatic carboxylic acids is 1. The molecule has 0 aromatic carbocycles. The molecule has 1 aliphatic rings. The molecule has 0 amide bonds. The summed E-state index contributed by atoms with van der Waals surface area (Å²) in [6, 6.07) is 3.52. The SMILES string of the molecule is CC(/C=C/c1cccs1)=C\C=N.CCCC(=O)OC1CNC(C(=O)O)C1. The molecule has 2 rings (SSSR count). The molecule has 0 saturated carbocycles. The van der Waals surface area contributed by atoms with Crippen LogP contribution in [0.25, 0.3) is 6.08 Å². The molecule has 3 N–H and O–H groups in total. The fourth-order valence-corrected chi connectivity index (χ4v) is 2.83. The molecule has 1 saturated heterocycles. The average molecular weight is 378 g/mol. The van der Waals surface area contributed by atoms with Crippen LogP contribution in [-0.2, 0) is 14.3 Å². The van der Waals surface area contributed by atoms with E-state index in [9.17, 15) is 9.59 Å². The van der Waals surface area contributed by atoms with Gasteiger partial charge in [-0.2, -0.15) is 0 Å². The zero-order chi connectivity index (χ0) is 19.4. The summed E-state index contributed by atoms with van der Waals surface area (Å²) in [5.74, 6) is -1.13. The second-order valence-electron chi connectivity index (χ2n) is 5.82. The maximum absolute atomic E-state index is 11.1. The highest BCUT2D eigenvalue weighted by molar-refractivity contribution is 7.10. The van der Waals surface area contributed by atoms with Gasteiger partial charge in [0.15, 0.2) is 0 Å². The topological polar surface area (TPSA) is 99.5 Å². The Balaban J connectivity index is 0.000000263. The van der Waals surface area contributed by atoms with Crippen LogP contribution in [0.1, 0.15) is 38.0 Å². The van der Waals surface area contributed by atoms with Crippen molar-refractivity contribution in [3.8, 4) is 0 Å². The van der Waals surface area contributed by atoms with Crippen molar-refractivity contribution < 1.29 is 19.4 Å². The van der Waals surface area contributed by atoms with Gasteiger partial charge < -0.3 is 20.6 Å². The molecule has 7 heteroatoms. The van der Waals surface area contributed by atoms with Gasteiger partial charge in [0.05, 0.1) is 0 Å². The van der Waals surface area contributed by atoms with Gasteiger partial charge in [0.25, 0.3) is 0 Å². The molecule has 0 bridgehead atoms. The Bertz CT molecular complexity index is 638. The molecule has 6 nitrogen and oxygen atoms in total. The van der Waals surface area contributed by atoms with Crippen LogP contribution in [0.4, 0.5) is 0 Å². The first-order valence-corrected chi connectivity index (χ1v) is 9.38. The van der Waals surface area contributed by atoms with Crippen LogP contribution < -0.4 is 5.32 Å². The summed E-state index contributed by atoms with van der Waals surface area (Å²) < 4.78 is 5.07. The van der Waals surface area contributed by atoms with Gasteiger partial charge in [-0.05, 0) is 42.5 Å². The van der Waals surface area contributed by atoms with E-state index in [1.165, 1.54) is 11.1 Å². The Kier molecular flexibility index (Phi) is 10.2. The van der Waals surface area contributed by atoms with E-state index in [1.807, 2.05) is 26.0 Å². The molecule has 0 radical (unpaired) electrons. The Morgan fingerprint density at radius 3 is 2.81 bits per heavy atom. The predicted octanol–water partition coefficient (Wildman–Crippen LogP) is 3.50. The van der Waals surface area contributed by atoms with E-state index < -0.39 is 12.0 Å². The molecule has 1 aromatic rings. The number of hydrogen-bond acceptors (Lipinski definition) is 6. The Hall–Kier alpha value is -2.25. The van der Waals surface area contributed by atoms with Crippen molar-refractivity contribution in [1.29, 1.82) is 5.41 Å². The first-order chi connectivity index (χ1) is 12.5. The predicted molar refractivity (Wildman–Crippen MR) is 105 cm³/mol. The number of esters is 1. The van der Waals surface area contributed by atoms with Gasteiger partial charge >= 0.3 is 11.9 Å². The largest absolute Gasteiger partial charge is 0.480 e. The smallest absolute Gasteiger partial charge is 0.320 e. The number of carboxylic acid groups (broad SMARTS) is 1. The van der Waals surface area contributed by atoms with Crippen molar-refractivity contribution in [1.82, 2.24) is 5.32 Å². The van der Waals surface area contributed by atoms with E-state index in [0.29, 0.717) is 19.4 Å². The van der Waals surface area contributed by atoms with Crippen molar-refractivity contribution in [3.63, 3.8) is 0 Å². The van der Waals surface area contributed by atoms with Gasteiger partial charge in [-0.1, -0.05) is 19.1 Å². The standard InChI is InChI=1S/C10H11NS.C9H15NO4/c1-9(6-7-11)4-5-10-3-2-8-12-10;1-2-3-8(11)14-6-4-7(9(12)13)10-5-6/h2-8,11H,1H3;6-7,10H,2-5H2,1H3,(H,12,13)/b5-4+,9-6+,11-7?;. The first kappa shape index (κ1) is 21.8. The lowest BCUT2D eigenvalue weighted by molar-refractivity contribution is -0.149. The molecule has 0 spiro atoms. The molecule has 1 aromatic heterocycles. The van der Waals surface area contributed by atoms with E-state index in [1.54, 1.807) is 17.4 Å². The van der Waals surface area contributed by atoms with Crippen LogP contribution >= 0.6 is 11.3 Å². The van der Waals surface area contributed by atoms with Gasteiger partial charge in [-0.3, -0.25) is 9.59 Å². The summed E-state index contributed by atoms with van der Waals surface area (Å²) in [5.41, 5.74) is 1.10. The number of rotatable bonds is 7. The molecule has 1 aliphatic heterocycles. The molecule has 2 heterocycles. The summed E-state index contributed by atoms with van der Waals surface area (Å²) in [7, 11) is 0. The average Bonchev–Trinajstić information content (AvgIpc) is 3.25. The zero-order valence-corrected chi connectivity index (χ0v) is 15.9. The lowest BCUT2D eigenvalue weighted by Gasteiger charge is -2.09. The zero-order valence-electron chi connectivity index (χ0n) is 15.1. The van der Waals surface area contributed by atoms with Crippen LogP contribution in [0.5, 0.6) is 0 Å². The molecule has 26 heavy (non-hydrogen) atoms. The lowest BCUT2D eigenvalue weighted by atomic mass is 10.2. The van der Waals surface area contributed by atoms with E-state index in [-0.39, 0.29) is 12.1 Å². The summed E-state index contributed by atoms with van der Waals surface area (Å²) in [6.45, 7) is 4.32. The van der Waals surface area contributed by atoms with E-state index in [4.69, 9.17) is 15.3 Å². The summed E-state index contributed by atoms with van der Waals surface area (Å²) in [4.78, 5) is 22.9. The minimum atomic E-state index is -0.890. The Morgan fingerprint density at radius 2 is 2.27 bits per heavy atom. The third-order valence-corrected chi connectivity index (χ3v) is 4.38. The third-order valence-electron chi connectivity index (χ3n) is 3.54. The maximum atomic E-state index is 11.1. The van der Waals surface area contributed by atoms with Crippen molar-refractivity contribution in [2.75, 3.05) is 6.54 Å². The molecule has 2 atom stereocenters. The van der Waals surface area contributed by atoms with Gasteiger partial charge in [0, 0.05) is 30.5 Å². The minimum absolute atomic E-state index is 0.245. The number of ether oxygens (including phenoxy) is 1. The van der Waals surface area contributed by atoms with Crippen molar-refractivity contribution in [3.05, 3.63) is 40.1 Å². The van der Waals surface area contributed by atoms with Crippen LogP contribution in [0.3, 0.4) is 0 Å². The fraction of sp³-hybridized carbons (Fsp3) is 0.421. The van der Waals surface area contributed by atoms with E-state index in [2.05, 4.69) is 22.8 Å². The summed E-state index contributed by atoms with van der Waals surface area (Å²) >= 11 is 1.71. The number of carboxylic acids is 1. The second kappa shape index (κ2) is 12.2. The third kappa shape index (κ3) is 8.73. The molecule has 1 fully saturated rings. The van der Waals surface area contributed by atoms with Crippen molar-refractivity contribution in [2.24, 2.45) is 0 Å². The number of thiophene rings is 1. The van der Waals surface area contributed by atoms with Gasteiger partial charge in [-0.25, -0.2) is 0 Å². The number of carbonyl (C=O) groups excluding carboxylic acids is 1. The molecule has 2 unspecified atom stereocenters. The monoisotopic (exact) mass is 378 g/mol. The number of hydrogen-bond donors (Lipinski definition) is 3. The van der Waals surface area contributed by atoms with Crippen LogP contribution in [-0.4, -0.2) is 42.0 Å². The lowest BCUT2D eigenvalue weighted by Crippen LogP contribution is -2.30. The summed E-state index contributed by atoms with van der Waals surface area (Å²) in [6.07, 6.45) is 8.37. The highest BCUT2D eigenvalue weighted by Crippen LogP contribution is 2.12. The van der Waals surface area contributed by atoms with Gasteiger partial charge in [-0.15, -0.1) is 11.3 Å². The second-order valence-corrected chi connectivity index (χ2v) is 6.80. The fourth-order valence-electron chi connectivity index (χ4n) is 2.22. The van der Waals surface area contributed by atoms with Crippen LogP contribution in [0, 0.1) is 5.41 Å². The van der Waals surface area contributed by atoms with Crippen molar-refractivity contribution in [2.45, 2.75) is 45.3 Å². The van der Waals surface area contributed by atoms with Crippen LogP contribution in [0.2, 0.25) is 0 Å². The Labute approximate surface area is 158 Å². The summed E-state index contributed by atoms with van der Waals surface area (Å²) in [5, 5.41) is 20.3.